The van der Waals surface area contributed by atoms with Crippen molar-refractivity contribution >= 4 is 65.6 Å². The third kappa shape index (κ3) is 4.25. The lowest BCUT2D eigenvalue weighted by Crippen LogP contribution is -2.06. The van der Waals surface area contributed by atoms with Crippen LogP contribution in [0.2, 0.25) is 0 Å². The second-order valence-corrected chi connectivity index (χ2v) is 12.7. The van der Waals surface area contributed by atoms with Gasteiger partial charge in [-0.3, -0.25) is 4.57 Å². The van der Waals surface area contributed by atoms with Crippen molar-refractivity contribution in [1.82, 2.24) is 24.5 Å². The number of oxazole rings is 1. The lowest BCUT2D eigenvalue weighted by atomic mass is 10.0. The van der Waals surface area contributed by atoms with Crippen molar-refractivity contribution in [3.63, 3.8) is 0 Å². The molecule has 11 rings (SSSR count). The lowest BCUT2D eigenvalue weighted by Gasteiger charge is -2.11. The Morgan fingerprint density at radius 3 is 1.98 bits per heavy atom. The van der Waals surface area contributed by atoms with Gasteiger partial charge in [0.05, 0.1) is 5.52 Å². The van der Waals surface area contributed by atoms with Crippen LogP contribution in [0.3, 0.4) is 0 Å². The average molecular weight is 656 g/mol. The molecule has 0 atom stereocenters. The van der Waals surface area contributed by atoms with Crippen LogP contribution in [0.15, 0.2) is 160 Å². The highest BCUT2D eigenvalue weighted by Crippen LogP contribution is 2.41. The molecule has 7 aromatic carbocycles. The van der Waals surface area contributed by atoms with Gasteiger partial charge in [0.15, 0.2) is 17.2 Å². The van der Waals surface area contributed by atoms with E-state index in [1.54, 1.807) is 0 Å². The molecular formula is C44H25N5O2. The summed E-state index contributed by atoms with van der Waals surface area (Å²) in [6.45, 7) is 0. The number of benzene rings is 7. The Kier molecular flexibility index (Phi) is 5.83. The standard InChI is InChI=1S/C44H25N5O2/c1-3-12-27(13-4-1)41-46-42(29-19-21-32-31-17-9-10-18-36(31)50-37(32)25-29)48-44(47-41)49-35-24-20-26-11-7-8-16-30(26)38(35)33-22-23-34-40(39(33)49)51-43(45-34)28-14-5-2-6-15-28/h1-25H. The van der Waals surface area contributed by atoms with Crippen LogP contribution in [-0.4, -0.2) is 24.5 Å². The molecule has 0 aliphatic carbocycles. The molecule has 0 spiro atoms. The Morgan fingerprint density at radius 2 is 1.14 bits per heavy atom. The van der Waals surface area contributed by atoms with Gasteiger partial charge in [-0.2, -0.15) is 9.97 Å². The molecule has 4 heterocycles. The fourth-order valence-corrected chi connectivity index (χ4v) is 7.34. The molecule has 0 radical (unpaired) electrons. The van der Waals surface area contributed by atoms with Crippen molar-refractivity contribution in [2.24, 2.45) is 0 Å². The molecule has 0 bridgehead atoms. The molecule has 0 unspecified atom stereocenters. The molecule has 51 heavy (non-hydrogen) atoms. The van der Waals surface area contributed by atoms with Gasteiger partial charge < -0.3 is 8.83 Å². The summed E-state index contributed by atoms with van der Waals surface area (Å²) in [5, 5.41) is 6.51. The summed E-state index contributed by atoms with van der Waals surface area (Å²) in [4.78, 5) is 20.4. The Bertz CT molecular complexity index is 3140. The molecule has 4 aromatic heterocycles. The van der Waals surface area contributed by atoms with E-state index in [-0.39, 0.29) is 0 Å². The SMILES string of the molecule is c1ccc(-c2nc(-c3ccc4c(c3)oc3ccccc34)nc(-n3c4ccc5ccccc5c4c4ccc5nc(-c6ccccc6)oc5c43)n2)cc1. The van der Waals surface area contributed by atoms with Crippen LogP contribution in [0.1, 0.15) is 0 Å². The van der Waals surface area contributed by atoms with Crippen molar-refractivity contribution in [3.05, 3.63) is 152 Å². The van der Waals surface area contributed by atoms with Gasteiger partial charge in [-0.25, -0.2) is 9.97 Å². The molecule has 0 aliphatic rings. The Balaban J connectivity index is 1.24. The molecule has 0 aliphatic heterocycles. The van der Waals surface area contributed by atoms with Crippen LogP contribution in [0.5, 0.6) is 0 Å². The highest BCUT2D eigenvalue weighted by molar-refractivity contribution is 6.25. The van der Waals surface area contributed by atoms with Crippen LogP contribution in [-0.2, 0) is 0 Å². The number of rotatable bonds is 4. The molecule has 238 valence electrons. The first-order valence-corrected chi connectivity index (χ1v) is 16.8. The van der Waals surface area contributed by atoms with Crippen molar-refractivity contribution in [2.45, 2.75) is 0 Å². The summed E-state index contributed by atoms with van der Waals surface area (Å²) in [6.07, 6.45) is 0. The van der Waals surface area contributed by atoms with Crippen LogP contribution < -0.4 is 0 Å². The minimum atomic E-state index is 0.476. The maximum absolute atomic E-state index is 6.66. The zero-order chi connectivity index (χ0) is 33.5. The largest absolute Gasteiger partial charge is 0.456 e. The summed E-state index contributed by atoms with van der Waals surface area (Å²) in [7, 11) is 0. The van der Waals surface area contributed by atoms with E-state index in [0.29, 0.717) is 29.1 Å². The number of para-hydroxylation sites is 1. The predicted molar refractivity (Wildman–Crippen MR) is 203 cm³/mol. The third-order valence-corrected chi connectivity index (χ3v) is 9.69. The predicted octanol–water partition coefficient (Wildman–Crippen LogP) is 11.2. The summed E-state index contributed by atoms with van der Waals surface area (Å²) in [6, 6.07) is 51.1. The van der Waals surface area contributed by atoms with E-state index in [1.165, 1.54) is 0 Å². The Morgan fingerprint density at radius 1 is 0.451 bits per heavy atom. The summed E-state index contributed by atoms with van der Waals surface area (Å²) >= 11 is 0. The van der Waals surface area contributed by atoms with Crippen LogP contribution in [0.25, 0.3) is 106 Å². The first-order chi connectivity index (χ1) is 25.3. The fourth-order valence-electron chi connectivity index (χ4n) is 7.34. The number of fused-ring (bicyclic) bond motifs is 10. The Hall–Kier alpha value is -7.12. The highest BCUT2D eigenvalue weighted by Gasteiger charge is 2.23. The zero-order valence-electron chi connectivity index (χ0n) is 27.0. The normalized spacial score (nSPS) is 11.9. The lowest BCUT2D eigenvalue weighted by molar-refractivity contribution is 0.621. The third-order valence-electron chi connectivity index (χ3n) is 9.69. The number of hydrogen-bond acceptors (Lipinski definition) is 6. The van der Waals surface area contributed by atoms with E-state index in [9.17, 15) is 0 Å². The second-order valence-electron chi connectivity index (χ2n) is 12.7. The van der Waals surface area contributed by atoms with Gasteiger partial charge in [0.2, 0.25) is 11.8 Å². The molecule has 0 amide bonds. The monoisotopic (exact) mass is 655 g/mol. The van der Waals surface area contributed by atoms with E-state index in [2.05, 4.69) is 65.2 Å². The first-order valence-electron chi connectivity index (χ1n) is 16.8. The maximum atomic E-state index is 6.66. The fraction of sp³-hybridized carbons (Fsp3) is 0. The van der Waals surface area contributed by atoms with E-state index in [1.807, 2.05) is 91.0 Å². The maximum Gasteiger partial charge on any atom is 0.238 e. The number of hydrogen-bond donors (Lipinski definition) is 0. The molecule has 11 aromatic rings. The van der Waals surface area contributed by atoms with Crippen LogP contribution >= 0.6 is 0 Å². The molecule has 0 fully saturated rings. The van der Waals surface area contributed by atoms with Crippen molar-refractivity contribution in [2.75, 3.05) is 0 Å². The molecule has 0 saturated carbocycles. The first kappa shape index (κ1) is 27.8. The minimum absolute atomic E-state index is 0.476. The van der Waals surface area contributed by atoms with Gasteiger partial charge >= 0.3 is 0 Å². The molecular weight excluding hydrogens is 631 g/mol. The van der Waals surface area contributed by atoms with Gasteiger partial charge in [-0.05, 0) is 59.3 Å². The topological polar surface area (TPSA) is 82.8 Å². The smallest absolute Gasteiger partial charge is 0.238 e. The summed E-state index contributed by atoms with van der Waals surface area (Å²) in [5.41, 5.74) is 7.45. The average Bonchev–Trinajstić information content (AvgIpc) is 3.90. The van der Waals surface area contributed by atoms with Crippen LogP contribution in [0, 0.1) is 0 Å². The van der Waals surface area contributed by atoms with Gasteiger partial charge in [-0.15, -0.1) is 0 Å². The molecule has 0 saturated heterocycles. The van der Waals surface area contributed by atoms with E-state index in [0.717, 1.165) is 76.7 Å². The number of aromatic nitrogens is 5. The number of nitrogens with zero attached hydrogens (tertiary/aromatic N) is 5. The van der Waals surface area contributed by atoms with Crippen molar-refractivity contribution in [1.29, 1.82) is 0 Å². The minimum Gasteiger partial charge on any atom is -0.456 e. The van der Waals surface area contributed by atoms with Crippen molar-refractivity contribution in [3.8, 4) is 40.2 Å². The van der Waals surface area contributed by atoms with Gasteiger partial charge in [0.25, 0.3) is 0 Å². The van der Waals surface area contributed by atoms with Crippen LogP contribution in [0.4, 0.5) is 0 Å². The van der Waals surface area contributed by atoms with E-state index in [4.69, 9.17) is 28.8 Å². The van der Waals surface area contributed by atoms with Crippen molar-refractivity contribution < 1.29 is 8.83 Å². The zero-order valence-corrected chi connectivity index (χ0v) is 27.0. The molecule has 7 heteroatoms. The van der Waals surface area contributed by atoms with E-state index < -0.39 is 0 Å². The summed E-state index contributed by atoms with van der Waals surface area (Å²) in [5.74, 6) is 2.13. The Labute approximate surface area is 290 Å². The van der Waals surface area contributed by atoms with E-state index >= 15 is 0 Å². The number of furan rings is 1. The molecule has 7 nitrogen and oxygen atoms in total. The second kappa shape index (κ2) is 10.7. The quantitative estimate of drug-likeness (QED) is 0.188. The summed E-state index contributed by atoms with van der Waals surface area (Å²) < 4.78 is 15.0. The highest BCUT2D eigenvalue weighted by atomic mass is 16.3. The van der Waals surface area contributed by atoms with Gasteiger partial charge in [0, 0.05) is 38.2 Å². The molecule has 0 N–H and O–H groups in total. The van der Waals surface area contributed by atoms with Gasteiger partial charge in [-0.1, -0.05) is 103 Å². The van der Waals surface area contributed by atoms with Gasteiger partial charge in [0.1, 0.15) is 22.2 Å².